The fourth-order valence-electron chi connectivity index (χ4n) is 1.98. The lowest BCUT2D eigenvalue weighted by Gasteiger charge is -2.13. The van der Waals surface area contributed by atoms with E-state index >= 15 is 0 Å². The molecule has 0 atom stereocenters. The van der Waals surface area contributed by atoms with Gasteiger partial charge in [0.05, 0.1) is 0 Å². The quantitative estimate of drug-likeness (QED) is 0.926. The van der Waals surface area contributed by atoms with Crippen LogP contribution in [0.2, 0.25) is 0 Å². The molecule has 0 spiro atoms. The molecule has 5 heteroatoms. The van der Waals surface area contributed by atoms with Gasteiger partial charge in [0.15, 0.2) is 0 Å². The number of halogens is 3. The highest BCUT2D eigenvalue weighted by atomic mass is 19.4. The van der Waals surface area contributed by atoms with E-state index in [2.05, 4.69) is 4.74 Å². The fraction of sp³-hybridized carbons (Fsp3) is 0.200. The number of rotatable bonds is 4. The molecule has 106 valence electrons. The van der Waals surface area contributed by atoms with Gasteiger partial charge in [0.2, 0.25) is 0 Å². The minimum atomic E-state index is -4.70. The van der Waals surface area contributed by atoms with E-state index in [1.54, 1.807) is 24.3 Å². The second-order valence-electron chi connectivity index (χ2n) is 4.28. The maximum absolute atomic E-state index is 12.4. The van der Waals surface area contributed by atoms with Crippen molar-refractivity contribution < 1.29 is 17.9 Å². The first-order chi connectivity index (χ1) is 9.49. The van der Waals surface area contributed by atoms with Crippen molar-refractivity contribution in [2.24, 2.45) is 5.73 Å². The van der Waals surface area contributed by atoms with Gasteiger partial charge in [0.1, 0.15) is 5.75 Å². The SMILES string of the molecule is NCCc1cccc(-c2ccccc2OC(F)(F)F)c1. The zero-order valence-corrected chi connectivity index (χ0v) is 10.7. The Morgan fingerprint density at radius 2 is 1.75 bits per heavy atom. The largest absolute Gasteiger partial charge is 0.573 e. The van der Waals surface area contributed by atoms with Crippen LogP contribution < -0.4 is 10.5 Å². The van der Waals surface area contributed by atoms with Crippen LogP contribution in [0.4, 0.5) is 13.2 Å². The van der Waals surface area contributed by atoms with Crippen molar-refractivity contribution in [1.29, 1.82) is 0 Å². The molecule has 0 saturated heterocycles. The van der Waals surface area contributed by atoms with Crippen molar-refractivity contribution >= 4 is 0 Å². The third-order valence-electron chi connectivity index (χ3n) is 2.78. The Hall–Kier alpha value is -2.01. The molecule has 0 aliphatic heterocycles. The predicted molar refractivity (Wildman–Crippen MR) is 71.3 cm³/mol. The van der Waals surface area contributed by atoms with E-state index in [9.17, 15) is 13.2 Å². The second kappa shape index (κ2) is 5.96. The van der Waals surface area contributed by atoms with E-state index in [0.29, 0.717) is 24.1 Å². The average Bonchev–Trinajstić information content (AvgIpc) is 2.38. The van der Waals surface area contributed by atoms with E-state index in [4.69, 9.17) is 5.73 Å². The highest BCUT2D eigenvalue weighted by Crippen LogP contribution is 2.33. The van der Waals surface area contributed by atoms with Gasteiger partial charge in [-0.2, -0.15) is 0 Å². The first-order valence-electron chi connectivity index (χ1n) is 6.14. The molecule has 2 rings (SSSR count). The smallest absolute Gasteiger partial charge is 0.405 e. The Balaban J connectivity index is 2.39. The van der Waals surface area contributed by atoms with Gasteiger partial charge < -0.3 is 10.5 Å². The average molecular weight is 281 g/mol. The summed E-state index contributed by atoms with van der Waals surface area (Å²) in [6, 6.07) is 13.3. The molecule has 20 heavy (non-hydrogen) atoms. The third kappa shape index (κ3) is 3.74. The number of ether oxygens (including phenoxy) is 1. The van der Waals surface area contributed by atoms with Crippen LogP contribution in [0, 0.1) is 0 Å². The van der Waals surface area contributed by atoms with Gasteiger partial charge in [0, 0.05) is 5.56 Å². The summed E-state index contributed by atoms with van der Waals surface area (Å²) in [5.74, 6) is -0.204. The molecule has 0 aliphatic rings. The molecule has 0 unspecified atom stereocenters. The highest BCUT2D eigenvalue weighted by molar-refractivity contribution is 5.70. The lowest BCUT2D eigenvalue weighted by molar-refractivity contribution is -0.274. The van der Waals surface area contributed by atoms with Crippen molar-refractivity contribution in [3.05, 3.63) is 54.1 Å². The van der Waals surface area contributed by atoms with Gasteiger partial charge in [-0.25, -0.2) is 0 Å². The summed E-state index contributed by atoms with van der Waals surface area (Å²) in [5.41, 5.74) is 7.55. The summed E-state index contributed by atoms with van der Waals surface area (Å²) in [4.78, 5) is 0. The van der Waals surface area contributed by atoms with E-state index < -0.39 is 6.36 Å². The van der Waals surface area contributed by atoms with E-state index in [-0.39, 0.29) is 5.75 Å². The second-order valence-corrected chi connectivity index (χ2v) is 4.28. The topological polar surface area (TPSA) is 35.2 Å². The van der Waals surface area contributed by atoms with Crippen molar-refractivity contribution in [3.8, 4) is 16.9 Å². The lowest BCUT2D eigenvalue weighted by Crippen LogP contribution is -2.17. The summed E-state index contributed by atoms with van der Waals surface area (Å²) in [5, 5.41) is 0. The van der Waals surface area contributed by atoms with Crippen LogP contribution in [-0.4, -0.2) is 12.9 Å². The molecular formula is C15H14F3NO. The molecule has 0 fully saturated rings. The highest BCUT2D eigenvalue weighted by Gasteiger charge is 2.32. The molecule has 0 aromatic heterocycles. The number of hydrogen-bond acceptors (Lipinski definition) is 2. The van der Waals surface area contributed by atoms with Gasteiger partial charge in [0.25, 0.3) is 0 Å². The number of alkyl halides is 3. The Kier molecular flexibility index (Phi) is 4.29. The molecule has 0 heterocycles. The minimum Gasteiger partial charge on any atom is -0.405 e. The summed E-state index contributed by atoms with van der Waals surface area (Å²) in [6.07, 6.45) is -4.03. The van der Waals surface area contributed by atoms with Gasteiger partial charge >= 0.3 is 6.36 Å². The maximum atomic E-state index is 12.4. The summed E-state index contributed by atoms with van der Waals surface area (Å²) in [7, 11) is 0. The first kappa shape index (κ1) is 14.4. The van der Waals surface area contributed by atoms with Crippen LogP contribution in [-0.2, 0) is 6.42 Å². The van der Waals surface area contributed by atoms with E-state index in [0.717, 1.165) is 5.56 Å². The van der Waals surface area contributed by atoms with Gasteiger partial charge in [-0.3, -0.25) is 0 Å². The van der Waals surface area contributed by atoms with E-state index in [1.807, 2.05) is 12.1 Å². The standard InChI is InChI=1S/C15H14F3NO/c16-15(17,18)20-14-7-2-1-6-13(14)12-5-3-4-11(10-12)8-9-19/h1-7,10H,8-9,19H2. The molecule has 0 radical (unpaired) electrons. The maximum Gasteiger partial charge on any atom is 0.573 e. The Morgan fingerprint density at radius 3 is 2.45 bits per heavy atom. The zero-order chi connectivity index (χ0) is 14.6. The van der Waals surface area contributed by atoms with Gasteiger partial charge in [-0.15, -0.1) is 13.2 Å². The minimum absolute atomic E-state index is 0.204. The van der Waals surface area contributed by atoms with Crippen LogP contribution in [0.3, 0.4) is 0 Å². The Labute approximate surface area is 115 Å². The number of para-hydroxylation sites is 1. The van der Waals surface area contributed by atoms with Crippen LogP contribution in [0.15, 0.2) is 48.5 Å². The van der Waals surface area contributed by atoms with Gasteiger partial charge in [-0.05, 0) is 30.2 Å². The summed E-state index contributed by atoms with van der Waals surface area (Å²) < 4.78 is 41.3. The zero-order valence-electron chi connectivity index (χ0n) is 10.7. The number of nitrogens with two attached hydrogens (primary N) is 1. The van der Waals surface area contributed by atoms with E-state index in [1.165, 1.54) is 12.1 Å². The van der Waals surface area contributed by atoms with Crippen molar-refractivity contribution in [2.75, 3.05) is 6.54 Å². The molecule has 0 amide bonds. The summed E-state index contributed by atoms with van der Waals surface area (Å²) in [6.45, 7) is 0.490. The molecule has 2 nitrogen and oxygen atoms in total. The molecule has 2 N–H and O–H groups in total. The Bertz CT molecular complexity index is 581. The third-order valence-corrected chi connectivity index (χ3v) is 2.78. The van der Waals surface area contributed by atoms with Crippen LogP contribution in [0.5, 0.6) is 5.75 Å². The molecule has 0 bridgehead atoms. The van der Waals surface area contributed by atoms with Crippen LogP contribution in [0.25, 0.3) is 11.1 Å². The lowest BCUT2D eigenvalue weighted by atomic mass is 10.0. The monoisotopic (exact) mass is 281 g/mol. The predicted octanol–water partition coefficient (Wildman–Crippen LogP) is 3.75. The normalized spacial score (nSPS) is 11.4. The molecule has 2 aromatic rings. The Morgan fingerprint density at radius 1 is 1.00 bits per heavy atom. The first-order valence-corrected chi connectivity index (χ1v) is 6.14. The number of benzene rings is 2. The molecule has 0 saturated carbocycles. The van der Waals surface area contributed by atoms with Crippen molar-refractivity contribution in [2.45, 2.75) is 12.8 Å². The number of hydrogen-bond donors (Lipinski definition) is 1. The van der Waals surface area contributed by atoms with Crippen molar-refractivity contribution in [1.82, 2.24) is 0 Å². The molecule has 0 aliphatic carbocycles. The van der Waals surface area contributed by atoms with Gasteiger partial charge in [-0.1, -0.05) is 42.5 Å². The van der Waals surface area contributed by atoms with Crippen LogP contribution in [0.1, 0.15) is 5.56 Å². The molecular weight excluding hydrogens is 267 g/mol. The molecule has 2 aromatic carbocycles. The summed E-state index contributed by atoms with van der Waals surface area (Å²) >= 11 is 0. The van der Waals surface area contributed by atoms with Crippen LogP contribution >= 0.6 is 0 Å². The fourth-order valence-corrected chi connectivity index (χ4v) is 1.98. The van der Waals surface area contributed by atoms with Crippen molar-refractivity contribution in [3.63, 3.8) is 0 Å².